The van der Waals surface area contributed by atoms with Crippen LogP contribution in [0.25, 0.3) is 5.69 Å². The van der Waals surface area contributed by atoms with Crippen molar-refractivity contribution in [2.75, 3.05) is 20.3 Å². The summed E-state index contributed by atoms with van der Waals surface area (Å²) in [6.07, 6.45) is 0.0180. The van der Waals surface area contributed by atoms with E-state index < -0.39 is 0 Å². The lowest BCUT2D eigenvalue weighted by Gasteiger charge is -2.25. The van der Waals surface area contributed by atoms with Crippen LogP contribution >= 0.6 is 0 Å². The molecule has 0 spiro atoms. The van der Waals surface area contributed by atoms with Crippen LogP contribution in [-0.2, 0) is 4.74 Å². The number of aromatic nitrogens is 4. The first-order valence-electron chi connectivity index (χ1n) is 5.54. The zero-order chi connectivity index (χ0) is 12.4. The van der Waals surface area contributed by atoms with E-state index in [0.29, 0.717) is 25.0 Å². The predicted octanol–water partition coefficient (Wildman–Crippen LogP) is 0.448. The Labute approximate surface area is 103 Å². The summed E-state index contributed by atoms with van der Waals surface area (Å²) in [5, 5.41) is 11.4. The van der Waals surface area contributed by atoms with Crippen LogP contribution in [0.2, 0.25) is 0 Å². The van der Waals surface area contributed by atoms with Crippen molar-refractivity contribution < 1.29 is 14.2 Å². The Hall–Kier alpha value is -2.15. The van der Waals surface area contributed by atoms with Crippen molar-refractivity contribution in [2.24, 2.45) is 0 Å². The van der Waals surface area contributed by atoms with Gasteiger partial charge in [-0.15, -0.1) is 0 Å². The summed E-state index contributed by atoms with van der Waals surface area (Å²) in [7, 11) is 1.60. The molecule has 0 aliphatic carbocycles. The van der Waals surface area contributed by atoms with E-state index in [9.17, 15) is 0 Å². The zero-order valence-electron chi connectivity index (χ0n) is 9.81. The molecule has 0 N–H and O–H groups in total. The quantitative estimate of drug-likeness (QED) is 0.782. The third-order valence-electron chi connectivity index (χ3n) is 2.63. The first-order chi connectivity index (χ1) is 8.88. The van der Waals surface area contributed by atoms with Gasteiger partial charge < -0.3 is 14.2 Å². The summed E-state index contributed by atoms with van der Waals surface area (Å²) in [6, 6.07) is 7.81. The molecule has 0 bridgehead atoms. The fraction of sp³-hybridized carbons (Fsp3) is 0.364. The molecule has 0 atom stereocenters. The van der Waals surface area contributed by atoms with E-state index >= 15 is 0 Å². The van der Waals surface area contributed by atoms with Crippen LogP contribution in [0.4, 0.5) is 0 Å². The monoisotopic (exact) mass is 248 g/mol. The Morgan fingerprint density at radius 1 is 1.33 bits per heavy atom. The predicted molar refractivity (Wildman–Crippen MR) is 60.9 cm³/mol. The molecule has 3 rings (SSSR count). The average Bonchev–Trinajstić information content (AvgIpc) is 2.82. The summed E-state index contributed by atoms with van der Waals surface area (Å²) in [6.45, 7) is 1.14. The van der Waals surface area contributed by atoms with Gasteiger partial charge >= 0.3 is 6.01 Å². The Bertz CT molecular complexity index is 539. The highest BCUT2D eigenvalue weighted by atomic mass is 16.6. The second kappa shape index (κ2) is 4.61. The summed E-state index contributed by atoms with van der Waals surface area (Å²) in [4.78, 5) is 0. The van der Waals surface area contributed by atoms with Crippen molar-refractivity contribution in [1.29, 1.82) is 0 Å². The molecular weight excluding hydrogens is 236 g/mol. The van der Waals surface area contributed by atoms with Crippen molar-refractivity contribution in [3.8, 4) is 17.4 Å². The molecule has 0 amide bonds. The largest absolute Gasteiger partial charge is 0.494 e. The molecule has 0 unspecified atom stereocenters. The molecular formula is C11H12N4O3. The van der Waals surface area contributed by atoms with Crippen LogP contribution in [0.5, 0.6) is 11.8 Å². The van der Waals surface area contributed by atoms with Gasteiger partial charge in [-0.3, -0.25) is 0 Å². The molecule has 1 aliphatic rings. The van der Waals surface area contributed by atoms with Gasteiger partial charge in [0.2, 0.25) is 0 Å². The molecule has 7 heteroatoms. The van der Waals surface area contributed by atoms with Gasteiger partial charge in [0.1, 0.15) is 17.5 Å². The van der Waals surface area contributed by atoms with Crippen molar-refractivity contribution in [2.45, 2.75) is 6.10 Å². The fourth-order valence-electron chi connectivity index (χ4n) is 1.64. The minimum atomic E-state index is 0.0180. The number of rotatable bonds is 4. The third-order valence-corrected chi connectivity index (χ3v) is 2.63. The molecule has 1 aliphatic heterocycles. The molecule has 2 heterocycles. The first kappa shape index (κ1) is 11.0. The summed E-state index contributed by atoms with van der Waals surface area (Å²) < 4.78 is 17.5. The van der Waals surface area contributed by atoms with Crippen molar-refractivity contribution >= 4 is 0 Å². The van der Waals surface area contributed by atoms with E-state index in [1.165, 1.54) is 4.68 Å². The highest BCUT2D eigenvalue weighted by molar-refractivity contribution is 5.46. The van der Waals surface area contributed by atoms with Crippen LogP contribution in [0.15, 0.2) is 24.3 Å². The maximum absolute atomic E-state index is 5.62. The third kappa shape index (κ3) is 1.88. The molecule has 94 valence electrons. The highest BCUT2D eigenvalue weighted by Crippen LogP contribution is 2.24. The number of nitrogens with zero attached hydrogens (tertiary/aromatic N) is 4. The number of ether oxygens (including phenoxy) is 3. The molecule has 18 heavy (non-hydrogen) atoms. The standard InChI is InChI=1S/C11H12N4O3/c1-16-10-5-3-2-4-9(10)15-11(12-13-14-15)18-8-6-17-7-8/h2-5,8H,6-7H2,1H3. The lowest BCUT2D eigenvalue weighted by atomic mass is 10.3. The topological polar surface area (TPSA) is 71.3 Å². The number of tetrazole rings is 1. The molecule has 2 aromatic rings. The Kier molecular flexibility index (Phi) is 2.81. The lowest BCUT2D eigenvalue weighted by Crippen LogP contribution is -2.39. The molecule has 1 fully saturated rings. The van der Waals surface area contributed by atoms with Crippen LogP contribution in [0.3, 0.4) is 0 Å². The van der Waals surface area contributed by atoms with Gasteiger partial charge in [-0.05, 0) is 22.6 Å². The van der Waals surface area contributed by atoms with Crippen molar-refractivity contribution in [3.05, 3.63) is 24.3 Å². The molecule has 1 aromatic heterocycles. The van der Waals surface area contributed by atoms with E-state index in [1.54, 1.807) is 7.11 Å². The molecule has 1 aromatic carbocycles. The van der Waals surface area contributed by atoms with Gasteiger partial charge in [-0.1, -0.05) is 17.2 Å². The molecule has 1 saturated heterocycles. The molecule has 0 saturated carbocycles. The van der Waals surface area contributed by atoms with Gasteiger partial charge in [-0.25, -0.2) is 0 Å². The van der Waals surface area contributed by atoms with Gasteiger partial charge in [-0.2, -0.15) is 4.68 Å². The maximum atomic E-state index is 5.62. The summed E-state index contributed by atoms with van der Waals surface area (Å²) in [5.74, 6) is 0.680. The maximum Gasteiger partial charge on any atom is 0.340 e. The lowest BCUT2D eigenvalue weighted by molar-refractivity contribution is -0.0839. The minimum absolute atomic E-state index is 0.0180. The summed E-state index contributed by atoms with van der Waals surface area (Å²) in [5.41, 5.74) is 0.736. The Morgan fingerprint density at radius 3 is 2.89 bits per heavy atom. The first-order valence-corrected chi connectivity index (χ1v) is 5.54. The van der Waals surface area contributed by atoms with Gasteiger partial charge in [0.05, 0.1) is 20.3 Å². The highest BCUT2D eigenvalue weighted by Gasteiger charge is 2.24. The second-order valence-corrected chi connectivity index (χ2v) is 3.82. The van der Waals surface area contributed by atoms with E-state index in [2.05, 4.69) is 15.5 Å². The van der Waals surface area contributed by atoms with E-state index in [4.69, 9.17) is 14.2 Å². The SMILES string of the molecule is COc1ccccc1-n1nnnc1OC1COC1. The van der Waals surface area contributed by atoms with E-state index in [-0.39, 0.29) is 6.10 Å². The average molecular weight is 248 g/mol. The smallest absolute Gasteiger partial charge is 0.340 e. The number of hydrogen-bond donors (Lipinski definition) is 0. The van der Waals surface area contributed by atoms with Gasteiger partial charge in [0.25, 0.3) is 0 Å². The Balaban J connectivity index is 1.93. The van der Waals surface area contributed by atoms with Crippen molar-refractivity contribution in [3.63, 3.8) is 0 Å². The van der Waals surface area contributed by atoms with E-state index in [0.717, 1.165) is 5.69 Å². The van der Waals surface area contributed by atoms with Crippen LogP contribution in [0.1, 0.15) is 0 Å². The zero-order valence-corrected chi connectivity index (χ0v) is 9.81. The number of methoxy groups -OCH3 is 1. The molecule has 0 radical (unpaired) electrons. The minimum Gasteiger partial charge on any atom is -0.494 e. The van der Waals surface area contributed by atoms with Crippen molar-refractivity contribution in [1.82, 2.24) is 20.2 Å². The van der Waals surface area contributed by atoms with Crippen LogP contribution in [-0.4, -0.2) is 46.6 Å². The fourth-order valence-corrected chi connectivity index (χ4v) is 1.64. The Morgan fingerprint density at radius 2 is 2.17 bits per heavy atom. The van der Waals surface area contributed by atoms with Gasteiger partial charge in [0, 0.05) is 0 Å². The van der Waals surface area contributed by atoms with E-state index in [1.807, 2.05) is 24.3 Å². The molecule has 7 nitrogen and oxygen atoms in total. The van der Waals surface area contributed by atoms with Gasteiger partial charge in [0.15, 0.2) is 0 Å². The number of para-hydroxylation sites is 2. The van der Waals surface area contributed by atoms with Crippen LogP contribution < -0.4 is 9.47 Å². The van der Waals surface area contributed by atoms with Crippen LogP contribution in [0, 0.1) is 0 Å². The number of benzene rings is 1. The normalized spacial score (nSPS) is 15.2. The number of hydrogen-bond acceptors (Lipinski definition) is 6. The summed E-state index contributed by atoms with van der Waals surface area (Å²) >= 11 is 0. The second-order valence-electron chi connectivity index (χ2n) is 3.82.